The van der Waals surface area contributed by atoms with E-state index in [1.54, 1.807) is 0 Å². The third-order valence-electron chi connectivity index (χ3n) is 5.45. The Morgan fingerprint density at radius 2 is 1.61 bits per heavy atom. The molecule has 28 heavy (non-hydrogen) atoms. The minimum atomic E-state index is -0.470. The number of ether oxygens (including phenoxy) is 1. The van der Waals surface area contributed by atoms with E-state index in [2.05, 4.69) is 47.8 Å². The second-order valence-electron chi connectivity index (χ2n) is 7.41. The van der Waals surface area contributed by atoms with Crippen molar-refractivity contribution in [1.82, 2.24) is 5.32 Å². The molecule has 4 rings (SSSR count). The first-order valence-corrected chi connectivity index (χ1v) is 10.0. The summed E-state index contributed by atoms with van der Waals surface area (Å²) in [7, 11) is 0. The first-order valence-electron chi connectivity index (χ1n) is 10.0. The minimum Gasteiger partial charge on any atom is -0.489 e. The Labute approximate surface area is 167 Å². The highest BCUT2D eigenvalue weighted by Crippen LogP contribution is 2.32. The summed E-state index contributed by atoms with van der Waals surface area (Å²) >= 11 is 0. The molecular formula is C25H27NO2. The monoisotopic (exact) mass is 373 g/mol. The molecule has 1 aliphatic carbocycles. The van der Waals surface area contributed by atoms with Crippen molar-refractivity contribution in [1.29, 1.82) is 0 Å². The van der Waals surface area contributed by atoms with E-state index in [4.69, 9.17) is 4.74 Å². The second kappa shape index (κ2) is 9.05. The molecule has 1 aliphatic rings. The van der Waals surface area contributed by atoms with E-state index >= 15 is 0 Å². The Morgan fingerprint density at radius 1 is 0.893 bits per heavy atom. The standard InChI is InChI=1S/C25H27NO2/c27-25-23-13-12-22(28-18-20-9-5-2-6-10-20)17-21(23)11-14-24(25)26-16-15-19-7-3-1-4-8-19/h1-10,12-13,17,24-27H,11,14-16,18H2. The number of aliphatic hydroxyl groups excluding tert-OH is 1. The molecule has 0 aliphatic heterocycles. The van der Waals surface area contributed by atoms with Crippen molar-refractivity contribution in [3.05, 3.63) is 101 Å². The quantitative estimate of drug-likeness (QED) is 0.643. The first kappa shape index (κ1) is 18.7. The highest BCUT2D eigenvalue weighted by atomic mass is 16.5. The number of hydrogen-bond acceptors (Lipinski definition) is 3. The van der Waals surface area contributed by atoms with E-state index in [1.165, 1.54) is 11.1 Å². The summed E-state index contributed by atoms with van der Waals surface area (Å²) in [5, 5.41) is 14.4. The van der Waals surface area contributed by atoms with E-state index in [-0.39, 0.29) is 6.04 Å². The van der Waals surface area contributed by atoms with E-state index in [1.807, 2.05) is 36.4 Å². The number of hydrogen-bond donors (Lipinski definition) is 2. The zero-order valence-corrected chi connectivity index (χ0v) is 16.1. The largest absolute Gasteiger partial charge is 0.489 e. The van der Waals surface area contributed by atoms with Crippen LogP contribution in [0.25, 0.3) is 0 Å². The van der Waals surface area contributed by atoms with Crippen LogP contribution in [0.3, 0.4) is 0 Å². The second-order valence-corrected chi connectivity index (χ2v) is 7.41. The highest BCUT2D eigenvalue weighted by molar-refractivity contribution is 5.39. The lowest BCUT2D eigenvalue weighted by molar-refractivity contribution is 0.115. The van der Waals surface area contributed by atoms with Gasteiger partial charge in [-0.2, -0.15) is 0 Å². The van der Waals surface area contributed by atoms with Crippen LogP contribution in [0, 0.1) is 0 Å². The first-order chi connectivity index (χ1) is 13.8. The van der Waals surface area contributed by atoms with Gasteiger partial charge in [0, 0.05) is 6.04 Å². The van der Waals surface area contributed by atoms with Gasteiger partial charge in [0.25, 0.3) is 0 Å². The summed E-state index contributed by atoms with van der Waals surface area (Å²) in [6.07, 6.45) is 2.40. The summed E-state index contributed by atoms with van der Waals surface area (Å²) in [6, 6.07) is 26.8. The molecule has 3 heteroatoms. The van der Waals surface area contributed by atoms with Gasteiger partial charge in [-0.05, 0) is 60.2 Å². The van der Waals surface area contributed by atoms with Gasteiger partial charge in [-0.1, -0.05) is 66.7 Å². The fourth-order valence-corrected chi connectivity index (χ4v) is 3.86. The fourth-order valence-electron chi connectivity index (χ4n) is 3.86. The van der Waals surface area contributed by atoms with Crippen molar-refractivity contribution < 1.29 is 9.84 Å². The summed E-state index contributed by atoms with van der Waals surface area (Å²) in [5.74, 6) is 0.866. The van der Waals surface area contributed by atoms with Crippen LogP contribution < -0.4 is 10.1 Å². The molecule has 3 nitrogen and oxygen atoms in total. The minimum absolute atomic E-state index is 0.104. The number of nitrogens with one attached hydrogen (secondary N) is 1. The Bertz CT molecular complexity index is 880. The number of aryl methyl sites for hydroxylation is 1. The summed E-state index contributed by atoms with van der Waals surface area (Å²) < 4.78 is 5.94. The number of benzene rings is 3. The van der Waals surface area contributed by atoms with Gasteiger partial charge in [0.05, 0.1) is 6.10 Å². The Hall–Kier alpha value is -2.62. The van der Waals surface area contributed by atoms with Crippen molar-refractivity contribution in [3.63, 3.8) is 0 Å². The number of aliphatic hydroxyl groups is 1. The topological polar surface area (TPSA) is 41.5 Å². The van der Waals surface area contributed by atoms with Crippen LogP contribution in [0.4, 0.5) is 0 Å². The van der Waals surface area contributed by atoms with Gasteiger partial charge < -0.3 is 15.2 Å². The van der Waals surface area contributed by atoms with Crippen LogP contribution in [0.15, 0.2) is 78.9 Å². The zero-order valence-electron chi connectivity index (χ0n) is 16.1. The lowest BCUT2D eigenvalue weighted by atomic mass is 9.85. The molecule has 0 radical (unpaired) electrons. The molecule has 0 amide bonds. The lowest BCUT2D eigenvalue weighted by Gasteiger charge is -2.31. The third-order valence-corrected chi connectivity index (χ3v) is 5.45. The molecule has 0 saturated heterocycles. The Morgan fingerprint density at radius 3 is 2.36 bits per heavy atom. The van der Waals surface area contributed by atoms with Crippen LogP contribution in [0.2, 0.25) is 0 Å². The maximum atomic E-state index is 10.8. The summed E-state index contributed by atoms with van der Waals surface area (Å²) in [4.78, 5) is 0. The van der Waals surface area contributed by atoms with Crippen LogP contribution >= 0.6 is 0 Å². The van der Waals surface area contributed by atoms with Gasteiger partial charge in [0.15, 0.2) is 0 Å². The molecule has 3 aromatic carbocycles. The van der Waals surface area contributed by atoms with Crippen molar-refractivity contribution in [2.75, 3.05) is 6.54 Å². The van der Waals surface area contributed by atoms with Crippen molar-refractivity contribution in [3.8, 4) is 5.75 Å². The Balaban J connectivity index is 1.33. The Kier molecular flexibility index (Phi) is 6.05. The van der Waals surface area contributed by atoms with E-state index in [9.17, 15) is 5.11 Å². The van der Waals surface area contributed by atoms with Crippen LogP contribution in [0.1, 0.15) is 34.8 Å². The molecule has 2 unspecified atom stereocenters. The van der Waals surface area contributed by atoms with Gasteiger partial charge in [0.2, 0.25) is 0 Å². The fraction of sp³-hybridized carbons (Fsp3) is 0.280. The number of fused-ring (bicyclic) bond motifs is 1. The molecule has 0 heterocycles. The number of rotatable bonds is 7. The van der Waals surface area contributed by atoms with E-state index in [0.717, 1.165) is 42.7 Å². The SMILES string of the molecule is OC1c2ccc(OCc3ccccc3)cc2CCC1NCCc1ccccc1. The highest BCUT2D eigenvalue weighted by Gasteiger charge is 2.27. The van der Waals surface area contributed by atoms with Gasteiger partial charge in [-0.25, -0.2) is 0 Å². The summed E-state index contributed by atoms with van der Waals surface area (Å²) in [5.41, 5.74) is 4.69. The van der Waals surface area contributed by atoms with Crippen molar-refractivity contribution in [2.45, 2.75) is 38.0 Å². The molecule has 144 valence electrons. The molecule has 0 saturated carbocycles. The van der Waals surface area contributed by atoms with E-state index in [0.29, 0.717) is 6.61 Å². The maximum Gasteiger partial charge on any atom is 0.120 e. The van der Waals surface area contributed by atoms with Crippen molar-refractivity contribution in [2.24, 2.45) is 0 Å². The van der Waals surface area contributed by atoms with Crippen LogP contribution in [-0.4, -0.2) is 17.7 Å². The average molecular weight is 373 g/mol. The molecule has 0 bridgehead atoms. The molecule has 0 aromatic heterocycles. The van der Waals surface area contributed by atoms with Gasteiger partial charge in [0.1, 0.15) is 12.4 Å². The predicted molar refractivity (Wildman–Crippen MR) is 112 cm³/mol. The molecule has 2 atom stereocenters. The molecular weight excluding hydrogens is 346 g/mol. The van der Waals surface area contributed by atoms with Crippen LogP contribution in [-0.2, 0) is 19.4 Å². The lowest BCUT2D eigenvalue weighted by Crippen LogP contribution is -2.39. The summed E-state index contributed by atoms with van der Waals surface area (Å²) in [6.45, 7) is 1.44. The smallest absolute Gasteiger partial charge is 0.120 e. The third kappa shape index (κ3) is 4.61. The van der Waals surface area contributed by atoms with Crippen molar-refractivity contribution >= 4 is 0 Å². The zero-order chi connectivity index (χ0) is 19.2. The molecule has 2 N–H and O–H groups in total. The van der Waals surface area contributed by atoms with E-state index < -0.39 is 6.10 Å². The predicted octanol–water partition coefficient (Wildman–Crippen LogP) is 4.45. The van der Waals surface area contributed by atoms with Gasteiger partial charge >= 0.3 is 0 Å². The molecule has 0 spiro atoms. The molecule has 0 fully saturated rings. The van der Waals surface area contributed by atoms with Gasteiger partial charge in [-0.3, -0.25) is 0 Å². The molecule has 3 aromatic rings. The van der Waals surface area contributed by atoms with Crippen LogP contribution in [0.5, 0.6) is 5.75 Å². The van der Waals surface area contributed by atoms with Gasteiger partial charge in [-0.15, -0.1) is 0 Å². The maximum absolute atomic E-state index is 10.8. The average Bonchev–Trinajstić information content (AvgIpc) is 2.75. The normalized spacial score (nSPS) is 18.5.